The highest BCUT2D eigenvalue weighted by atomic mass is 35.5. The molecule has 1 amide bonds. The number of ether oxygens (including phenoxy) is 2. The van der Waals surface area contributed by atoms with Crippen LogP contribution in [0.15, 0.2) is 36.5 Å². The average Bonchev–Trinajstić information content (AvgIpc) is 2.57. The lowest BCUT2D eigenvalue weighted by atomic mass is 10.1. The molecule has 3 N–H and O–H groups in total. The Morgan fingerprint density at radius 1 is 1.24 bits per heavy atom. The van der Waals surface area contributed by atoms with Crippen LogP contribution < -0.4 is 20.5 Å². The molecule has 25 heavy (non-hydrogen) atoms. The van der Waals surface area contributed by atoms with Crippen molar-refractivity contribution in [3.63, 3.8) is 0 Å². The molecule has 1 unspecified atom stereocenters. The number of hydrogen-bond acceptors (Lipinski definition) is 5. The van der Waals surface area contributed by atoms with Gasteiger partial charge in [-0.1, -0.05) is 13.0 Å². The van der Waals surface area contributed by atoms with Crippen molar-refractivity contribution in [2.45, 2.75) is 13.8 Å². The van der Waals surface area contributed by atoms with E-state index in [1.165, 1.54) is 6.20 Å². The predicted molar refractivity (Wildman–Crippen MR) is 103 cm³/mol. The van der Waals surface area contributed by atoms with Gasteiger partial charge in [-0.2, -0.15) is 0 Å². The van der Waals surface area contributed by atoms with Crippen LogP contribution in [0.3, 0.4) is 0 Å². The number of amides is 1. The summed E-state index contributed by atoms with van der Waals surface area (Å²) in [6.45, 7) is 4.04. The molecule has 2 rings (SSSR count). The quantitative estimate of drug-likeness (QED) is 0.790. The molecular formula is C17H23Cl2N3O3. The number of pyridine rings is 1. The molecule has 1 aromatic carbocycles. The molecule has 8 heteroatoms. The van der Waals surface area contributed by atoms with Crippen molar-refractivity contribution < 1.29 is 14.3 Å². The zero-order valence-corrected chi connectivity index (χ0v) is 15.9. The van der Waals surface area contributed by atoms with Crippen molar-refractivity contribution >= 4 is 36.4 Å². The van der Waals surface area contributed by atoms with Crippen LogP contribution in [0.1, 0.15) is 12.5 Å². The van der Waals surface area contributed by atoms with E-state index < -0.39 is 0 Å². The summed E-state index contributed by atoms with van der Waals surface area (Å²) in [4.78, 5) is 16.0. The van der Waals surface area contributed by atoms with E-state index in [4.69, 9.17) is 15.2 Å². The Balaban J connectivity index is 0.00000288. The van der Waals surface area contributed by atoms with E-state index in [-0.39, 0.29) is 36.6 Å². The van der Waals surface area contributed by atoms with Gasteiger partial charge in [0.2, 0.25) is 11.8 Å². The number of aromatic nitrogens is 1. The minimum absolute atomic E-state index is 0. The molecule has 0 radical (unpaired) electrons. The van der Waals surface area contributed by atoms with Gasteiger partial charge in [0, 0.05) is 18.5 Å². The number of aryl methyl sites for hydroxylation is 1. The van der Waals surface area contributed by atoms with E-state index in [1.807, 2.05) is 25.1 Å². The third-order valence-electron chi connectivity index (χ3n) is 3.34. The third-order valence-corrected chi connectivity index (χ3v) is 3.34. The molecule has 1 heterocycles. The third kappa shape index (κ3) is 6.42. The molecule has 0 aliphatic carbocycles. The lowest BCUT2D eigenvalue weighted by molar-refractivity contribution is -0.119. The van der Waals surface area contributed by atoms with E-state index in [2.05, 4.69) is 10.3 Å². The molecule has 0 aliphatic rings. The van der Waals surface area contributed by atoms with Crippen molar-refractivity contribution in [2.75, 3.05) is 19.0 Å². The van der Waals surface area contributed by atoms with Gasteiger partial charge in [-0.3, -0.25) is 4.79 Å². The van der Waals surface area contributed by atoms with Crippen LogP contribution >= 0.6 is 24.8 Å². The molecule has 0 saturated heterocycles. The van der Waals surface area contributed by atoms with Crippen molar-refractivity contribution in [1.82, 2.24) is 4.98 Å². The van der Waals surface area contributed by atoms with Gasteiger partial charge < -0.3 is 20.5 Å². The molecular weight excluding hydrogens is 365 g/mol. The summed E-state index contributed by atoms with van der Waals surface area (Å²) in [7, 11) is 1.59. The zero-order chi connectivity index (χ0) is 16.8. The van der Waals surface area contributed by atoms with Gasteiger partial charge in [0.25, 0.3) is 0 Å². The van der Waals surface area contributed by atoms with Crippen LogP contribution in [-0.2, 0) is 4.79 Å². The Morgan fingerprint density at radius 3 is 2.52 bits per heavy atom. The second-order valence-electron chi connectivity index (χ2n) is 5.27. The second-order valence-corrected chi connectivity index (χ2v) is 5.27. The van der Waals surface area contributed by atoms with Gasteiger partial charge in [-0.15, -0.1) is 24.8 Å². The highest BCUT2D eigenvalue weighted by Crippen LogP contribution is 2.31. The summed E-state index contributed by atoms with van der Waals surface area (Å²) in [5.74, 6) is 1.25. The highest BCUT2D eigenvalue weighted by Gasteiger charge is 2.11. The maximum atomic E-state index is 11.8. The van der Waals surface area contributed by atoms with Gasteiger partial charge in [-0.25, -0.2) is 4.98 Å². The van der Waals surface area contributed by atoms with E-state index in [0.29, 0.717) is 29.6 Å². The summed E-state index contributed by atoms with van der Waals surface area (Å²) in [6, 6.07) is 9.05. The van der Waals surface area contributed by atoms with Crippen molar-refractivity contribution in [3.05, 3.63) is 42.1 Å². The number of carbonyl (C=O) groups excluding carboxylic acids is 1. The standard InChI is InChI=1S/C17H21N3O3.2ClH/c1-11-4-6-14(15(8-11)22-3)23-16-7-5-13(10-19-16)20-17(21)12(2)9-18;;/h4-8,10,12H,9,18H2,1-3H3,(H,20,21);2*1H. The zero-order valence-electron chi connectivity index (χ0n) is 14.3. The normalized spacial score (nSPS) is 10.7. The maximum Gasteiger partial charge on any atom is 0.228 e. The topological polar surface area (TPSA) is 86.5 Å². The number of methoxy groups -OCH3 is 1. The number of benzene rings is 1. The SMILES string of the molecule is COc1cc(C)ccc1Oc1ccc(NC(=O)C(C)CN)cn1.Cl.Cl. The number of rotatable bonds is 6. The first-order valence-electron chi connectivity index (χ1n) is 7.33. The molecule has 1 atom stereocenters. The molecule has 0 aliphatic heterocycles. The Labute approximate surface area is 159 Å². The number of nitrogens with two attached hydrogens (primary N) is 1. The summed E-state index contributed by atoms with van der Waals surface area (Å²) in [6.07, 6.45) is 1.54. The average molecular weight is 388 g/mol. The fourth-order valence-corrected chi connectivity index (χ4v) is 1.86. The van der Waals surface area contributed by atoms with Gasteiger partial charge in [-0.05, 0) is 30.7 Å². The molecule has 0 bridgehead atoms. The fraction of sp³-hybridized carbons (Fsp3) is 0.294. The van der Waals surface area contributed by atoms with Crippen molar-refractivity contribution in [1.29, 1.82) is 0 Å². The smallest absolute Gasteiger partial charge is 0.228 e. The first kappa shape index (κ1) is 23.0. The van der Waals surface area contributed by atoms with Crippen LogP contribution in [0.2, 0.25) is 0 Å². The Morgan fingerprint density at radius 2 is 1.96 bits per heavy atom. The molecule has 138 valence electrons. The summed E-state index contributed by atoms with van der Waals surface area (Å²) < 4.78 is 11.0. The Kier molecular flexibility index (Phi) is 9.89. The summed E-state index contributed by atoms with van der Waals surface area (Å²) in [5.41, 5.74) is 7.14. The van der Waals surface area contributed by atoms with E-state index in [9.17, 15) is 4.79 Å². The molecule has 1 aromatic heterocycles. The van der Waals surface area contributed by atoms with Gasteiger partial charge in [0.15, 0.2) is 11.5 Å². The van der Waals surface area contributed by atoms with E-state index >= 15 is 0 Å². The number of carbonyl (C=O) groups is 1. The van der Waals surface area contributed by atoms with Crippen molar-refractivity contribution in [3.8, 4) is 17.4 Å². The molecule has 0 fully saturated rings. The van der Waals surface area contributed by atoms with Crippen LogP contribution in [0, 0.1) is 12.8 Å². The van der Waals surface area contributed by atoms with Crippen LogP contribution in [0.5, 0.6) is 17.4 Å². The monoisotopic (exact) mass is 387 g/mol. The molecule has 6 nitrogen and oxygen atoms in total. The number of halogens is 2. The van der Waals surface area contributed by atoms with Crippen LogP contribution in [0.25, 0.3) is 0 Å². The largest absolute Gasteiger partial charge is 0.493 e. The minimum atomic E-state index is -0.247. The number of anilines is 1. The highest BCUT2D eigenvalue weighted by molar-refractivity contribution is 5.92. The van der Waals surface area contributed by atoms with Crippen LogP contribution in [-0.4, -0.2) is 24.5 Å². The molecule has 2 aromatic rings. The first-order valence-corrected chi connectivity index (χ1v) is 7.33. The number of nitrogens with one attached hydrogen (secondary N) is 1. The van der Waals surface area contributed by atoms with Gasteiger partial charge in [0.1, 0.15) is 0 Å². The fourth-order valence-electron chi connectivity index (χ4n) is 1.86. The lowest BCUT2D eigenvalue weighted by Gasteiger charge is -2.12. The van der Waals surface area contributed by atoms with Gasteiger partial charge in [0.05, 0.1) is 19.0 Å². The second kappa shape index (κ2) is 10.8. The first-order chi connectivity index (χ1) is 11.0. The summed E-state index contributed by atoms with van der Waals surface area (Å²) >= 11 is 0. The van der Waals surface area contributed by atoms with Gasteiger partial charge >= 0.3 is 0 Å². The minimum Gasteiger partial charge on any atom is -0.493 e. The lowest BCUT2D eigenvalue weighted by Crippen LogP contribution is -2.26. The van der Waals surface area contributed by atoms with E-state index in [1.54, 1.807) is 26.2 Å². The summed E-state index contributed by atoms with van der Waals surface area (Å²) in [5, 5.41) is 2.75. The number of nitrogens with zero attached hydrogens (tertiary/aromatic N) is 1. The molecule has 0 saturated carbocycles. The van der Waals surface area contributed by atoms with Crippen molar-refractivity contribution in [2.24, 2.45) is 11.7 Å². The Hall–Kier alpha value is -2.02. The predicted octanol–water partition coefficient (Wildman–Crippen LogP) is 3.57. The maximum absolute atomic E-state index is 11.8. The Bertz CT molecular complexity index is 681. The number of hydrogen-bond donors (Lipinski definition) is 2. The van der Waals surface area contributed by atoms with E-state index in [0.717, 1.165) is 5.56 Å². The molecule has 0 spiro atoms. The van der Waals surface area contributed by atoms with Crippen LogP contribution in [0.4, 0.5) is 5.69 Å².